The summed E-state index contributed by atoms with van der Waals surface area (Å²) in [6, 6.07) is 0. The van der Waals surface area contributed by atoms with Crippen LogP contribution < -0.4 is 5.73 Å². The molecule has 0 aliphatic heterocycles. The number of hydrogen-bond acceptors (Lipinski definition) is 4. The Balaban J connectivity index is 2.30. The van der Waals surface area contributed by atoms with Crippen molar-refractivity contribution in [3.8, 4) is 0 Å². The van der Waals surface area contributed by atoms with Gasteiger partial charge in [0.25, 0.3) is 0 Å². The smallest absolute Gasteiger partial charge is 0.160 e. The minimum absolute atomic E-state index is 0.00454. The summed E-state index contributed by atoms with van der Waals surface area (Å²) in [5.41, 5.74) is 7.08. The number of nitrogen functional groups attached to an aromatic ring is 1. The molecule has 1 aromatic rings. The Hall–Kier alpha value is -0.430. The molecule has 0 spiro atoms. The average molecular weight is 389 g/mol. The largest absolute Gasteiger partial charge is 0.383 e. The van der Waals surface area contributed by atoms with Gasteiger partial charge < -0.3 is 10.5 Å². The predicted molar refractivity (Wildman–Crippen MR) is 89.5 cm³/mol. The fourth-order valence-corrected chi connectivity index (χ4v) is 3.55. The van der Waals surface area contributed by atoms with E-state index >= 15 is 0 Å². The van der Waals surface area contributed by atoms with Crippen molar-refractivity contribution >= 4 is 28.4 Å². The Morgan fingerprint density at radius 2 is 1.95 bits per heavy atom. The summed E-state index contributed by atoms with van der Waals surface area (Å²) in [7, 11) is 0. The van der Waals surface area contributed by atoms with Gasteiger partial charge in [-0.3, -0.25) is 0 Å². The van der Waals surface area contributed by atoms with Crippen molar-refractivity contribution in [1.29, 1.82) is 0 Å². The molecule has 2 rings (SSSR count). The maximum absolute atomic E-state index is 6.05. The van der Waals surface area contributed by atoms with E-state index in [2.05, 4.69) is 34.5 Å². The Morgan fingerprint density at radius 1 is 1.25 bits per heavy atom. The Labute approximate surface area is 135 Å². The van der Waals surface area contributed by atoms with Gasteiger partial charge >= 0.3 is 0 Å². The van der Waals surface area contributed by atoms with Crippen LogP contribution in [0.1, 0.15) is 63.6 Å². The van der Waals surface area contributed by atoms with Crippen LogP contribution in [0.4, 0.5) is 5.82 Å². The highest BCUT2D eigenvalue weighted by molar-refractivity contribution is 14.1. The molecule has 1 heterocycles. The molecule has 1 aliphatic carbocycles. The van der Waals surface area contributed by atoms with Crippen LogP contribution in [-0.4, -0.2) is 16.6 Å². The van der Waals surface area contributed by atoms with E-state index in [0.29, 0.717) is 18.3 Å². The highest BCUT2D eigenvalue weighted by Crippen LogP contribution is 2.36. The van der Waals surface area contributed by atoms with Crippen molar-refractivity contribution in [3.63, 3.8) is 0 Å². The van der Waals surface area contributed by atoms with E-state index in [1.54, 1.807) is 0 Å². The van der Waals surface area contributed by atoms with E-state index in [9.17, 15) is 0 Å². The van der Waals surface area contributed by atoms with E-state index in [1.807, 2.05) is 6.92 Å². The number of anilines is 1. The number of aromatic nitrogens is 2. The van der Waals surface area contributed by atoms with Gasteiger partial charge in [-0.1, -0.05) is 26.2 Å². The summed E-state index contributed by atoms with van der Waals surface area (Å²) in [6.07, 6.45) is 7.21. The molecule has 1 atom stereocenters. The Morgan fingerprint density at radius 3 is 2.55 bits per heavy atom. The second-order valence-electron chi connectivity index (χ2n) is 5.36. The van der Waals surface area contributed by atoms with E-state index in [1.165, 1.54) is 32.1 Å². The summed E-state index contributed by atoms with van der Waals surface area (Å²) in [4.78, 5) is 9.23. The first-order chi connectivity index (χ1) is 9.67. The van der Waals surface area contributed by atoms with Crippen molar-refractivity contribution in [2.45, 2.75) is 58.5 Å². The van der Waals surface area contributed by atoms with Gasteiger partial charge in [0.05, 0.1) is 9.26 Å². The van der Waals surface area contributed by atoms with Gasteiger partial charge in [0.1, 0.15) is 11.9 Å². The molecule has 1 unspecified atom stereocenters. The van der Waals surface area contributed by atoms with Crippen molar-refractivity contribution in [1.82, 2.24) is 9.97 Å². The summed E-state index contributed by atoms with van der Waals surface area (Å²) in [5, 5.41) is 0. The van der Waals surface area contributed by atoms with E-state index in [-0.39, 0.29) is 6.10 Å². The van der Waals surface area contributed by atoms with E-state index in [0.717, 1.165) is 21.5 Å². The molecule has 0 saturated heterocycles. The lowest BCUT2D eigenvalue weighted by Crippen LogP contribution is -2.22. The summed E-state index contributed by atoms with van der Waals surface area (Å²) in [6.45, 7) is 4.83. The molecule has 0 bridgehead atoms. The van der Waals surface area contributed by atoms with Gasteiger partial charge in [0.2, 0.25) is 0 Å². The zero-order valence-corrected chi connectivity index (χ0v) is 14.5. The number of aryl methyl sites for hydroxylation is 1. The van der Waals surface area contributed by atoms with Crippen LogP contribution in [0.3, 0.4) is 0 Å². The second kappa shape index (κ2) is 7.54. The molecule has 2 N–H and O–H groups in total. The molecule has 1 saturated carbocycles. The highest BCUT2D eigenvalue weighted by atomic mass is 127. The van der Waals surface area contributed by atoms with Crippen LogP contribution in [0, 0.1) is 9.49 Å². The number of rotatable bonds is 5. The number of hydrogen-bond donors (Lipinski definition) is 1. The minimum atomic E-state index is 0.00454. The van der Waals surface area contributed by atoms with Crippen LogP contribution >= 0.6 is 22.6 Å². The highest BCUT2D eigenvalue weighted by Gasteiger charge is 2.28. The van der Waals surface area contributed by atoms with Crippen LogP contribution in [-0.2, 0) is 11.2 Å². The summed E-state index contributed by atoms with van der Waals surface area (Å²) < 4.78 is 6.96. The van der Waals surface area contributed by atoms with Gasteiger partial charge in [-0.2, -0.15) is 0 Å². The van der Waals surface area contributed by atoms with Crippen LogP contribution in [0.15, 0.2) is 0 Å². The second-order valence-corrected chi connectivity index (χ2v) is 6.43. The lowest BCUT2D eigenvalue weighted by Gasteiger charge is -2.29. The average Bonchev–Trinajstić information content (AvgIpc) is 2.48. The SMILES string of the molecule is CCOC(c1nc(N)c(I)c(CC)n1)C1CCCCC1. The molecule has 1 aromatic heterocycles. The maximum Gasteiger partial charge on any atom is 0.160 e. The third-order valence-electron chi connectivity index (χ3n) is 3.98. The van der Waals surface area contributed by atoms with Crippen molar-refractivity contribution < 1.29 is 4.74 Å². The van der Waals surface area contributed by atoms with Crippen molar-refractivity contribution in [2.24, 2.45) is 5.92 Å². The van der Waals surface area contributed by atoms with E-state index in [4.69, 9.17) is 15.5 Å². The molecule has 1 fully saturated rings. The number of ether oxygens (including phenoxy) is 1. The zero-order chi connectivity index (χ0) is 14.5. The molecule has 0 amide bonds. The number of halogens is 1. The molecule has 0 radical (unpaired) electrons. The monoisotopic (exact) mass is 389 g/mol. The Kier molecular flexibility index (Phi) is 6.01. The van der Waals surface area contributed by atoms with Gasteiger partial charge in [0.15, 0.2) is 5.82 Å². The van der Waals surface area contributed by atoms with Gasteiger partial charge in [-0.25, -0.2) is 9.97 Å². The molecular formula is C15H24IN3O. The molecule has 5 heteroatoms. The lowest BCUT2D eigenvalue weighted by atomic mass is 9.85. The van der Waals surface area contributed by atoms with Crippen molar-refractivity contribution in [3.05, 3.63) is 15.1 Å². The summed E-state index contributed by atoms with van der Waals surface area (Å²) in [5.74, 6) is 1.91. The quantitative estimate of drug-likeness (QED) is 0.777. The topological polar surface area (TPSA) is 61.0 Å². The predicted octanol–water partition coefficient (Wildman–Crippen LogP) is 3.88. The first kappa shape index (κ1) is 15.9. The molecular weight excluding hydrogens is 365 g/mol. The van der Waals surface area contributed by atoms with Crippen LogP contribution in [0.25, 0.3) is 0 Å². The van der Waals surface area contributed by atoms with E-state index < -0.39 is 0 Å². The standard InChI is InChI=1S/C15H24IN3O/c1-3-11-12(16)14(17)19-15(18-11)13(20-4-2)10-8-6-5-7-9-10/h10,13H,3-9H2,1-2H3,(H2,17,18,19). The van der Waals surface area contributed by atoms with Crippen LogP contribution in [0.2, 0.25) is 0 Å². The van der Waals surface area contributed by atoms with Crippen molar-refractivity contribution in [2.75, 3.05) is 12.3 Å². The third-order valence-corrected chi connectivity index (χ3v) is 5.15. The Bertz CT molecular complexity index is 447. The fourth-order valence-electron chi connectivity index (χ4n) is 2.93. The van der Waals surface area contributed by atoms with Gasteiger partial charge in [-0.05, 0) is 54.7 Å². The normalized spacial score (nSPS) is 18.1. The number of nitrogens with two attached hydrogens (primary N) is 1. The zero-order valence-electron chi connectivity index (χ0n) is 12.4. The third kappa shape index (κ3) is 3.61. The van der Waals surface area contributed by atoms with Gasteiger partial charge in [-0.15, -0.1) is 0 Å². The molecule has 20 heavy (non-hydrogen) atoms. The summed E-state index contributed by atoms with van der Waals surface area (Å²) >= 11 is 2.23. The number of nitrogens with zero attached hydrogens (tertiary/aromatic N) is 2. The minimum Gasteiger partial charge on any atom is -0.383 e. The van der Waals surface area contributed by atoms with Crippen LogP contribution in [0.5, 0.6) is 0 Å². The molecule has 1 aliphatic rings. The molecule has 0 aromatic carbocycles. The maximum atomic E-state index is 6.05. The first-order valence-corrected chi connectivity index (χ1v) is 8.68. The molecule has 112 valence electrons. The fraction of sp³-hybridized carbons (Fsp3) is 0.733. The van der Waals surface area contributed by atoms with Gasteiger partial charge in [0, 0.05) is 6.61 Å². The first-order valence-electron chi connectivity index (χ1n) is 7.60. The molecule has 4 nitrogen and oxygen atoms in total. The lowest BCUT2D eigenvalue weighted by molar-refractivity contribution is -0.000242.